The number of sulfonamides is 1. The minimum atomic E-state index is -3.60. The number of hydrogen-bond donors (Lipinski definition) is 1. The summed E-state index contributed by atoms with van der Waals surface area (Å²) < 4.78 is 38.0. The summed E-state index contributed by atoms with van der Waals surface area (Å²) in [6.07, 6.45) is 0. The first kappa shape index (κ1) is 21.9. The van der Waals surface area contributed by atoms with E-state index in [-0.39, 0.29) is 22.8 Å². The molecule has 166 valence electrons. The molecule has 0 aliphatic heterocycles. The summed E-state index contributed by atoms with van der Waals surface area (Å²) in [6, 6.07) is 19.0. The average molecular weight is 471 g/mol. The maximum Gasteiger partial charge on any atom is 0.273 e. The first-order chi connectivity index (χ1) is 15.3. The number of carbonyl (C=O) groups is 1. The molecule has 32 heavy (non-hydrogen) atoms. The fraction of sp³-hybridized carbons (Fsp3) is 0.174. The van der Waals surface area contributed by atoms with Crippen molar-refractivity contribution in [3.05, 3.63) is 77.9 Å². The molecule has 0 bridgehead atoms. The maximum absolute atomic E-state index is 12.6. The van der Waals surface area contributed by atoms with Gasteiger partial charge < -0.3 is 14.5 Å². The molecule has 1 unspecified atom stereocenters. The Labute approximate surface area is 190 Å². The predicted molar refractivity (Wildman–Crippen MR) is 125 cm³/mol. The van der Waals surface area contributed by atoms with Crippen molar-refractivity contribution >= 4 is 43.9 Å². The normalized spacial score (nSPS) is 12.4. The largest absolute Gasteiger partial charge is 0.484 e. The second kappa shape index (κ2) is 9.05. The summed E-state index contributed by atoms with van der Waals surface area (Å²) in [5.74, 6) is 0.834. The topological polar surface area (TPSA) is 88.9 Å². The zero-order valence-electron chi connectivity index (χ0n) is 17.5. The Kier molecular flexibility index (Phi) is 6.20. The average Bonchev–Trinajstić information content (AvgIpc) is 3.48. The standard InChI is InChI=1S/C23H22N2O5S2/c1-16(21-14-17-6-3-4-7-20(17)30-21)24-22(26)15-29-19-11-9-18(10-12-19)25(2)32(27,28)23-8-5-13-31-23/h3-14,16H,15H2,1-2H3,(H,24,26). The van der Waals surface area contributed by atoms with Crippen molar-refractivity contribution in [3.63, 3.8) is 0 Å². The lowest BCUT2D eigenvalue weighted by Crippen LogP contribution is -2.31. The summed E-state index contributed by atoms with van der Waals surface area (Å²) >= 11 is 1.17. The van der Waals surface area contributed by atoms with E-state index in [0.717, 1.165) is 11.0 Å². The van der Waals surface area contributed by atoms with Crippen LogP contribution in [0, 0.1) is 0 Å². The van der Waals surface area contributed by atoms with Gasteiger partial charge in [0, 0.05) is 12.4 Å². The Morgan fingerprint density at radius 3 is 2.56 bits per heavy atom. The molecule has 2 heterocycles. The first-order valence-electron chi connectivity index (χ1n) is 9.88. The van der Waals surface area contributed by atoms with E-state index in [1.165, 1.54) is 22.7 Å². The molecular weight excluding hydrogens is 448 g/mol. The van der Waals surface area contributed by atoms with E-state index < -0.39 is 10.0 Å². The third kappa shape index (κ3) is 4.63. The van der Waals surface area contributed by atoms with Crippen LogP contribution in [0.4, 0.5) is 5.69 Å². The Bertz CT molecular complexity index is 1280. The second-order valence-corrected chi connectivity index (χ2v) is 10.3. The van der Waals surface area contributed by atoms with Crippen LogP contribution in [0.3, 0.4) is 0 Å². The molecule has 4 aromatic rings. The van der Waals surface area contributed by atoms with E-state index in [9.17, 15) is 13.2 Å². The summed E-state index contributed by atoms with van der Waals surface area (Å²) in [7, 11) is -2.10. The van der Waals surface area contributed by atoms with Crippen molar-refractivity contribution in [1.29, 1.82) is 0 Å². The number of rotatable bonds is 8. The van der Waals surface area contributed by atoms with E-state index in [0.29, 0.717) is 17.2 Å². The van der Waals surface area contributed by atoms with Gasteiger partial charge in [-0.25, -0.2) is 8.42 Å². The van der Waals surface area contributed by atoms with Crippen LogP contribution in [0.15, 0.2) is 80.7 Å². The van der Waals surface area contributed by atoms with Gasteiger partial charge in [0.25, 0.3) is 15.9 Å². The van der Waals surface area contributed by atoms with E-state index in [2.05, 4.69) is 5.32 Å². The zero-order chi connectivity index (χ0) is 22.7. The lowest BCUT2D eigenvalue weighted by molar-refractivity contribution is -0.123. The van der Waals surface area contributed by atoms with Gasteiger partial charge in [-0.3, -0.25) is 9.10 Å². The number of furan rings is 1. The molecule has 9 heteroatoms. The van der Waals surface area contributed by atoms with E-state index in [4.69, 9.17) is 9.15 Å². The van der Waals surface area contributed by atoms with Gasteiger partial charge in [-0.15, -0.1) is 11.3 Å². The molecule has 2 aromatic carbocycles. The second-order valence-electron chi connectivity index (χ2n) is 7.16. The number of carbonyl (C=O) groups excluding carboxylic acids is 1. The quantitative estimate of drug-likeness (QED) is 0.407. The van der Waals surface area contributed by atoms with Crippen molar-refractivity contribution in [3.8, 4) is 5.75 Å². The number of ether oxygens (including phenoxy) is 1. The van der Waals surface area contributed by atoms with Crippen molar-refractivity contribution in [2.75, 3.05) is 18.0 Å². The number of anilines is 1. The molecule has 1 N–H and O–H groups in total. The van der Waals surface area contributed by atoms with Crippen LogP contribution >= 0.6 is 11.3 Å². The van der Waals surface area contributed by atoms with Gasteiger partial charge in [-0.2, -0.15) is 0 Å². The van der Waals surface area contributed by atoms with Gasteiger partial charge in [-0.1, -0.05) is 24.3 Å². The van der Waals surface area contributed by atoms with E-state index >= 15 is 0 Å². The Balaban J connectivity index is 1.33. The van der Waals surface area contributed by atoms with Crippen molar-refractivity contribution in [2.45, 2.75) is 17.2 Å². The van der Waals surface area contributed by atoms with Gasteiger partial charge in [0.05, 0.1) is 11.7 Å². The summed E-state index contributed by atoms with van der Waals surface area (Å²) in [4.78, 5) is 12.3. The summed E-state index contributed by atoms with van der Waals surface area (Å²) in [5.41, 5.74) is 1.26. The van der Waals surface area contributed by atoms with Crippen LogP contribution in [0.5, 0.6) is 5.75 Å². The van der Waals surface area contributed by atoms with Gasteiger partial charge in [0.15, 0.2) is 6.61 Å². The molecule has 0 radical (unpaired) electrons. The summed E-state index contributed by atoms with van der Waals surface area (Å²) in [6.45, 7) is 1.67. The number of hydrogen-bond acceptors (Lipinski definition) is 6. The molecule has 0 saturated carbocycles. The number of amides is 1. The first-order valence-corrected chi connectivity index (χ1v) is 12.2. The molecule has 0 spiro atoms. The SMILES string of the molecule is CC(NC(=O)COc1ccc(N(C)S(=O)(=O)c2cccs2)cc1)c1cc2ccccc2o1. The number of nitrogens with one attached hydrogen (secondary N) is 1. The Morgan fingerprint density at radius 2 is 1.88 bits per heavy atom. The lowest BCUT2D eigenvalue weighted by Gasteiger charge is -2.18. The van der Waals surface area contributed by atoms with Crippen molar-refractivity contribution in [1.82, 2.24) is 5.32 Å². The van der Waals surface area contributed by atoms with Crippen LogP contribution < -0.4 is 14.4 Å². The highest BCUT2D eigenvalue weighted by atomic mass is 32.2. The molecule has 0 fully saturated rings. The number of benzene rings is 2. The molecule has 7 nitrogen and oxygen atoms in total. The van der Waals surface area contributed by atoms with Gasteiger partial charge in [0.2, 0.25) is 0 Å². The highest BCUT2D eigenvalue weighted by molar-refractivity contribution is 7.94. The monoisotopic (exact) mass is 470 g/mol. The minimum Gasteiger partial charge on any atom is -0.484 e. The molecule has 2 aromatic heterocycles. The smallest absolute Gasteiger partial charge is 0.273 e. The van der Waals surface area contributed by atoms with Crippen LogP contribution in [0.1, 0.15) is 18.7 Å². The highest BCUT2D eigenvalue weighted by Crippen LogP contribution is 2.27. The third-order valence-electron chi connectivity index (χ3n) is 4.93. The van der Waals surface area contributed by atoms with Crippen molar-refractivity contribution in [2.24, 2.45) is 0 Å². The molecule has 0 aliphatic carbocycles. The lowest BCUT2D eigenvalue weighted by atomic mass is 10.2. The van der Waals surface area contributed by atoms with E-state index in [1.54, 1.807) is 41.8 Å². The van der Waals surface area contributed by atoms with Crippen LogP contribution in [-0.4, -0.2) is 28.0 Å². The van der Waals surface area contributed by atoms with Crippen LogP contribution in [0.2, 0.25) is 0 Å². The highest BCUT2D eigenvalue weighted by Gasteiger charge is 2.22. The molecule has 0 aliphatic rings. The Morgan fingerprint density at radius 1 is 1.12 bits per heavy atom. The zero-order valence-corrected chi connectivity index (χ0v) is 19.2. The molecule has 4 rings (SSSR count). The fourth-order valence-corrected chi connectivity index (χ4v) is 5.51. The van der Waals surface area contributed by atoms with Gasteiger partial charge in [-0.05, 0) is 54.8 Å². The van der Waals surface area contributed by atoms with E-state index in [1.807, 2.05) is 37.3 Å². The maximum atomic E-state index is 12.6. The molecule has 1 atom stereocenters. The van der Waals surface area contributed by atoms with Gasteiger partial charge in [0.1, 0.15) is 21.3 Å². The minimum absolute atomic E-state index is 0.173. The van der Waals surface area contributed by atoms with Crippen LogP contribution in [-0.2, 0) is 14.8 Å². The summed E-state index contributed by atoms with van der Waals surface area (Å²) in [5, 5.41) is 5.55. The number of nitrogens with zero attached hydrogens (tertiary/aromatic N) is 1. The number of fused-ring (bicyclic) bond motifs is 1. The molecule has 0 saturated heterocycles. The molecule has 1 amide bonds. The molecular formula is C23H22N2O5S2. The fourth-order valence-electron chi connectivity index (χ4n) is 3.16. The predicted octanol–water partition coefficient (Wildman–Crippen LogP) is 4.58. The van der Waals surface area contributed by atoms with Crippen molar-refractivity contribution < 1.29 is 22.4 Å². The number of para-hydroxylation sites is 1. The Hall–Kier alpha value is -3.30. The van der Waals surface area contributed by atoms with Gasteiger partial charge >= 0.3 is 0 Å². The number of thiophene rings is 1. The third-order valence-corrected chi connectivity index (χ3v) is 8.09. The van der Waals surface area contributed by atoms with Crippen LogP contribution in [0.25, 0.3) is 11.0 Å².